The van der Waals surface area contributed by atoms with E-state index in [1.54, 1.807) is 10.9 Å². The van der Waals surface area contributed by atoms with Crippen LogP contribution in [-0.4, -0.2) is 47.3 Å². The van der Waals surface area contributed by atoms with Crippen molar-refractivity contribution in [2.75, 3.05) is 26.0 Å². The Morgan fingerprint density at radius 1 is 1.29 bits per heavy atom. The maximum atomic E-state index is 12.6. The first-order chi connectivity index (χ1) is 13.5. The summed E-state index contributed by atoms with van der Waals surface area (Å²) in [5.74, 6) is -0.497. The molecule has 0 saturated heterocycles. The summed E-state index contributed by atoms with van der Waals surface area (Å²) in [6.45, 7) is 0.865. The number of hydrogen-bond acceptors (Lipinski definition) is 6. The molecule has 0 aliphatic heterocycles. The van der Waals surface area contributed by atoms with Crippen molar-refractivity contribution in [1.82, 2.24) is 14.7 Å². The Bertz CT molecular complexity index is 843. The zero-order valence-electron chi connectivity index (χ0n) is 16.8. The van der Waals surface area contributed by atoms with Crippen molar-refractivity contribution in [3.8, 4) is 0 Å². The van der Waals surface area contributed by atoms with Crippen LogP contribution >= 0.6 is 11.3 Å². The van der Waals surface area contributed by atoms with Gasteiger partial charge in [-0.3, -0.25) is 14.4 Å². The maximum absolute atomic E-state index is 12.6. The van der Waals surface area contributed by atoms with Gasteiger partial charge in [0.2, 0.25) is 5.91 Å². The van der Waals surface area contributed by atoms with Gasteiger partial charge in [-0.05, 0) is 38.3 Å². The van der Waals surface area contributed by atoms with Gasteiger partial charge in [0.05, 0.1) is 25.4 Å². The summed E-state index contributed by atoms with van der Waals surface area (Å²) in [6, 6.07) is 0. The van der Waals surface area contributed by atoms with Crippen molar-refractivity contribution < 1.29 is 14.3 Å². The van der Waals surface area contributed by atoms with Gasteiger partial charge < -0.3 is 10.1 Å². The number of ether oxygens (including phenoxy) is 1. The molecule has 1 amide bonds. The first-order valence-electron chi connectivity index (χ1n) is 9.66. The van der Waals surface area contributed by atoms with E-state index in [0.29, 0.717) is 17.1 Å². The summed E-state index contributed by atoms with van der Waals surface area (Å²) in [7, 11) is 5.15. The minimum atomic E-state index is -0.364. The summed E-state index contributed by atoms with van der Waals surface area (Å²) >= 11 is 1.53. The third kappa shape index (κ3) is 4.99. The maximum Gasteiger partial charge on any atom is 0.341 e. The molecule has 28 heavy (non-hydrogen) atoms. The smallest absolute Gasteiger partial charge is 0.341 e. The van der Waals surface area contributed by atoms with Crippen LogP contribution in [0.2, 0.25) is 0 Å². The number of nitrogens with zero attached hydrogens (tertiary/aromatic N) is 3. The van der Waals surface area contributed by atoms with Crippen molar-refractivity contribution >= 4 is 28.2 Å². The van der Waals surface area contributed by atoms with Gasteiger partial charge in [-0.1, -0.05) is 12.8 Å². The van der Waals surface area contributed by atoms with Gasteiger partial charge in [-0.2, -0.15) is 5.10 Å². The molecule has 152 valence electrons. The highest BCUT2D eigenvalue weighted by Gasteiger charge is 2.26. The summed E-state index contributed by atoms with van der Waals surface area (Å²) in [5, 5.41) is 7.73. The Morgan fingerprint density at radius 2 is 2.04 bits per heavy atom. The zero-order valence-corrected chi connectivity index (χ0v) is 17.6. The number of rotatable bonds is 6. The fourth-order valence-corrected chi connectivity index (χ4v) is 4.95. The lowest BCUT2D eigenvalue weighted by Crippen LogP contribution is -2.30. The lowest BCUT2D eigenvalue weighted by atomic mass is 9.96. The van der Waals surface area contributed by atoms with Crippen LogP contribution in [0.15, 0.2) is 12.4 Å². The quantitative estimate of drug-likeness (QED) is 0.749. The number of thiophene rings is 1. The number of aromatic nitrogens is 2. The third-order valence-electron chi connectivity index (χ3n) is 4.94. The van der Waals surface area contributed by atoms with Crippen molar-refractivity contribution in [3.63, 3.8) is 0 Å². The highest BCUT2D eigenvalue weighted by molar-refractivity contribution is 7.17. The second kappa shape index (κ2) is 9.34. The number of esters is 1. The van der Waals surface area contributed by atoms with Crippen LogP contribution in [0.25, 0.3) is 0 Å². The van der Waals surface area contributed by atoms with Crippen LogP contribution < -0.4 is 5.32 Å². The van der Waals surface area contributed by atoms with Crippen molar-refractivity contribution in [2.24, 2.45) is 7.05 Å². The Morgan fingerprint density at radius 3 is 2.71 bits per heavy atom. The van der Waals surface area contributed by atoms with Gasteiger partial charge in [-0.25, -0.2) is 4.79 Å². The average molecular weight is 405 g/mol. The van der Waals surface area contributed by atoms with Gasteiger partial charge in [0.1, 0.15) is 5.00 Å². The number of amides is 1. The molecule has 3 rings (SSSR count). The predicted molar refractivity (Wildman–Crippen MR) is 110 cm³/mol. The first-order valence-corrected chi connectivity index (χ1v) is 10.5. The second-order valence-electron chi connectivity index (χ2n) is 7.36. The van der Waals surface area contributed by atoms with E-state index >= 15 is 0 Å². The topological polar surface area (TPSA) is 76.5 Å². The largest absolute Gasteiger partial charge is 0.465 e. The highest BCUT2D eigenvalue weighted by Crippen LogP contribution is 2.37. The SMILES string of the molecule is COC(=O)c1c(NC(=O)CN(C)Cc2cnn(C)c2)sc2c1CCCCCC2. The standard InChI is InChI=1S/C20H28N4O3S/c1-23(11-14-10-21-24(2)12-14)13-17(25)22-19-18(20(26)27-3)15-8-6-4-5-7-9-16(15)28-19/h10,12H,4-9,11,13H2,1-3H3,(H,22,25). The normalized spacial score (nSPS) is 14.3. The number of aryl methyl sites for hydroxylation is 2. The van der Waals surface area contributed by atoms with E-state index < -0.39 is 0 Å². The van der Waals surface area contributed by atoms with E-state index in [2.05, 4.69) is 10.4 Å². The summed E-state index contributed by atoms with van der Waals surface area (Å²) in [6.07, 6.45) is 10.1. The van der Waals surface area contributed by atoms with E-state index in [4.69, 9.17) is 4.74 Å². The minimum Gasteiger partial charge on any atom is -0.465 e. The fraction of sp³-hybridized carbons (Fsp3) is 0.550. The molecular formula is C20H28N4O3S. The van der Waals surface area contributed by atoms with Crippen LogP contribution in [0, 0.1) is 0 Å². The van der Waals surface area contributed by atoms with E-state index in [-0.39, 0.29) is 18.4 Å². The molecular weight excluding hydrogens is 376 g/mol. The highest BCUT2D eigenvalue weighted by atomic mass is 32.1. The van der Waals surface area contributed by atoms with E-state index in [1.807, 2.05) is 25.2 Å². The molecule has 0 atom stereocenters. The molecule has 1 aliphatic carbocycles. The van der Waals surface area contributed by atoms with Gasteiger partial charge in [0.15, 0.2) is 0 Å². The molecule has 2 aromatic heterocycles. The number of anilines is 1. The molecule has 0 saturated carbocycles. The van der Waals surface area contributed by atoms with Gasteiger partial charge in [0.25, 0.3) is 0 Å². The number of fused-ring (bicyclic) bond motifs is 1. The lowest BCUT2D eigenvalue weighted by molar-refractivity contribution is -0.117. The molecule has 8 heteroatoms. The second-order valence-corrected chi connectivity index (χ2v) is 8.46. The molecule has 0 fully saturated rings. The van der Waals surface area contributed by atoms with Gasteiger partial charge in [-0.15, -0.1) is 11.3 Å². The Kier molecular flexibility index (Phi) is 6.85. The summed E-state index contributed by atoms with van der Waals surface area (Å²) < 4.78 is 6.76. The van der Waals surface area contributed by atoms with Gasteiger partial charge >= 0.3 is 5.97 Å². The van der Waals surface area contributed by atoms with Crippen LogP contribution in [0.3, 0.4) is 0 Å². The molecule has 2 heterocycles. The van der Waals surface area contributed by atoms with Crippen LogP contribution in [0.5, 0.6) is 0 Å². The molecule has 0 unspecified atom stereocenters. The first kappa shape index (κ1) is 20.5. The number of hydrogen-bond donors (Lipinski definition) is 1. The zero-order chi connectivity index (χ0) is 20.1. The van der Waals surface area contributed by atoms with E-state index in [0.717, 1.165) is 36.8 Å². The number of nitrogens with one attached hydrogen (secondary N) is 1. The molecule has 0 spiro atoms. The molecule has 2 aromatic rings. The Labute approximate surface area is 169 Å². The molecule has 0 bridgehead atoms. The predicted octanol–water partition coefficient (Wildman–Crippen LogP) is 3.00. The van der Waals surface area contributed by atoms with Crippen LogP contribution in [0.4, 0.5) is 5.00 Å². The summed E-state index contributed by atoms with van der Waals surface area (Å²) in [4.78, 5) is 28.2. The monoisotopic (exact) mass is 404 g/mol. The Hall–Kier alpha value is -2.19. The lowest BCUT2D eigenvalue weighted by Gasteiger charge is -2.15. The van der Waals surface area contributed by atoms with E-state index in [9.17, 15) is 9.59 Å². The molecule has 1 N–H and O–H groups in total. The summed E-state index contributed by atoms with van der Waals surface area (Å²) in [5.41, 5.74) is 2.66. The number of carbonyl (C=O) groups is 2. The van der Waals surface area contributed by atoms with Gasteiger partial charge in [0, 0.05) is 30.2 Å². The minimum absolute atomic E-state index is 0.134. The number of likely N-dealkylation sites (N-methyl/N-ethyl adjacent to an activating group) is 1. The molecule has 7 nitrogen and oxygen atoms in total. The number of carbonyl (C=O) groups excluding carboxylic acids is 2. The average Bonchev–Trinajstić information content (AvgIpc) is 3.17. The van der Waals surface area contributed by atoms with E-state index in [1.165, 1.54) is 36.2 Å². The van der Waals surface area contributed by atoms with Crippen molar-refractivity contribution in [3.05, 3.63) is 34.0 Å². The molecule has 0 aromatic carbocycles. The number of methoxy groups -OCH3 is 1. The fourth-order valence-electron chi connectivity index (χ4n) is 3.66. The molecule has 0 radical (unpaired) electrons. The molecule has 1 aliphatic rings. The van der Waals surface area contributed by atoms with Crippen LogP contribution in [0.1, 0.15) is 52.0 Å². The van der Waals surface area contributed by atoms with Crippen molar-refractivity contribution in [1.29, 1.82) is 0 Å². The van der Waals surface area contributed by atoms with Crippen molar-refractivity contribution in [2.45, 2.75) is 45.1 Å². The van der Waals surface area contributed by atoms with Crippen LogP contribution in [-0.2, 0) is 36.0 Å². The third-order valence-corrected chi connectivity index (χ3v) is 6.15. The Balaban J connectivity index is 1.72.